The molecule has 0 unspecified atom stereocenters. The van der Waals surface area contributed by atoms with Crippen molar-refractivity contribution in [1.29, 1.82) is 0 Å². The van der Waals surface area contributed by atoms with E-state index in [2.05, 4.69) is 5.32 Å². The van der Waals surface area contributed by atoms with Crippen LogP contribution in [0.4, 0.5) is 5.69 Å². The van der Waals surface area contributed by atoms with Gasteiger partial charge in [-0.3, -0.25) is 9.59 Å². The summed E-state index contributed by atoms with van der Waals surface area (Å²) < 4.78 is 0. The predicted molar refractivity (Wildman–Crippen MR) is 86.0 cm³/mol. The van der Waals surface area contributed by atoms with Crippen LogP contribution >= 0.6 is 23.5 Å². The number of primary amides is 1. The third-order valence-corrected chi connectivity index (χ3v) is 4.22. The van der Waals surface area contributed by atoms with Crippen LogP contribution in [0.15, 0.2) is 29.2 Å². The number of carbonyl (C=O) groups excluding carboxylic acids is 2. The van der Waals surface area contributed by atoms with E-state index in [1.165, 1.54) is 11.8 Å². The van der Waals surface area contributed by atoms with Gasteiger partial charge in [-0.2, -0.15) is 11.8 Å². The Morgan fingerprint density at radius 2 is 2.05 bits per heavy atom. The van der Waals surface area contributed by atoms with Gasteiger partial charge in [-0.05, 0) is 30.6 Å². The Morgan fingerprint density at radius 1 is 1.35 bits per heavy atom. The zero-order valence-corrected chi connectivity index (χ0v) is 12.9. The second-order valence-corrected chi connectivity index (χ2v) is 6.13. The molecule has 0 aromatic heterocycles. The predicted octanol–water partition coefficient (Wildman–Crippen LogP) is 1.28. The highest BCUT2D eigenvalue weighted by molar-refractivity contribution is 8.00. The number of benzene rings is 1. The summed E-state index contributed by atoms with van der Waals surface area (Å²) in [6.07, 6.45) is 2.60. The van der Waals surface area contributed by atoms with Crippen molar-refractivity contribution in [2.24, 2.45) is 11.5 Å². The third kappa shape index (κ3) is 5.85. The van der Waals surface area contributed by atoms with Crippen LogP contribution in [0.5, 0.6) is 0 Å². The summed E-state index contributed by atoms with van der Waals surface area (Å²) in [5.41, 5.74) is 11.6. The molecule has 1 aromatic rings. The standard InChI is InChI=1S/C13H19N3O2S2/c1-19-7-6-9(14)13(18)16-10-4-2-3-5-11(10)20-8-12(15)17/h2-5,9H,6-8,14H2,1H3,(H2,15,17)(H,16,18)/t9-/m0/s1. The Labute approximate surface area is 127 Å². The van der Waals surface area contributed by atoms with Gasteiger partial charge < -0.3 is 16.8 Å². The highest BCUT2D eigenvalue weighted by atomic mass is 32.2. The number of anilines is 1. The minimum Gasteiger partial charge on any atom is -0.369 e. The molecule has 0 aliphatic rings. The molecule has 1 aromatic carbocycles. The van der Waals surface area contributed by atoms with E-state index in [0.717, 1.165) is 10.6 Å². The van der Waals surface area contributed by atoms with E-state index in [1.54, 1.807) is 17.8 Å². The Bertz CT molecular complexity index is 469. The lowest BCUT2D eigenvalue weighted by atomic mass is 10.2. The minimum absolute atomic E-state index is 0.172. The van der Waals surface area contributed by atoms with Gasteiger partial charge in [-0.15, -0.1) is 11.8 Å². The molecule has 5 nitrogen and oxygen atoms in total. The highest BCUT2D eigenvalue weighted by Crippen LogP contribution is 2.26. The van der Waals surface area contributed by atoms with Gasteiger partial charge in [-0.1, -0.05) is 12.1 Å². The lowest BCUT2D eigenvalue weighted by Crippen LogP contribution is -2.36. The Hall–Kier alpha value is -1.18. The van der Waals surface area contributed by atoms with E-state index in [0.29, 0.717) is 12.1 Å². The van der Waals surface area contributed by atoms with Crippen LogP contribution in [0.3, 0.4) is 0 Å². The van der Waals surface area contributed by atoms with Gasteiger partial charge in [0.1, 0.15) is 0 Å². The fourth-order valence-corrected chi connectivity index (χ4v) is 2.68. The topological polar surface area (TPSA) is 98.2 Å². The van der Waals surface area contributed by atoms with E-state index < -0.39 is 11.9 Å². The molecule has 0 saturated heterocycles. The van der Waals surface area contributed by atoms with Gasteiger partial charge in [-0.25, -0.2) is 0 Å². The van der Waals surface area contributed by atoms with E-state index in [9.17, 15) is 9.59 Å². The molecule has 0 bridgehead atoms. The van der Waals surface area contributed by atoms with Gasteiger partial charge in [0.15, 0.2) is 0 Å². The van der Waals surface area contributed by atoms with Gasteiger partial charge in [0, 0.05) is 4.90 Å². The number of nitrogens with one attached hydrogen (secondary N) is 1. The van der Waals surface area contributed by atoms with Crippen molar-refractivity contribution in [1.82, 2.24) is 0 Å². The van der Waals surface area contributed by atoms with Crippen LogP contribution in [0.2, 0.25) is 0 Å². The molecule has 7 heteroatoms. The maximum Gasteiger partial charge on any atom is 0.241 e. The van der Waals surface area contributed by atoms with Crippen molar-refractivity contribution >= 4 is 41.0 Å². The molecule has 110 valence electrons. The average Bonchev–Trinajstić information content (AvgIpc) is 2.43. The fourth-order valence-electron chi connectivity index (χ4n) is 1.45. The van der Waals surface area contributed by atoms with Crippen LogP contribution in [-0.4, -0.2) is 35.6 Å². The first kappa shape index (κ1) is 16.9. The van der Waals surface area contributed by atoms with Crippen molar-refractivity contribution in [2.45, 2.75) is 17.4 Å². The number of thioether (sulfide) groups is 2. The molecular formula is C13H19N3O2S2. The second kappa shape index (κ2) is 8.89. The summed E-state index contributed by atoms with van der Waals surface area (Å²) >= 11 is 2.95. The van der Waals surface area contributed by atoms with Crippen molar-refractivity contribution in [3.8, 4) is 0 Å². The van der Waals surface area contributed by atoms with Crippen LogP contribution in [0.1, 0.15) is 6.42 Å². The van der Waals surface area contributed by atoms with E-state index in [-0.39, 0.29) is 11.7 Å². The number of hydrogen-bond donors (Lipinski definition) is 3. The van der Waals surface area contributed by atoms with E-state index >= 15 is 0 Å². The Balaban J connectivity index is 2.66. The Morgan fingerprint density at radius 3 is 2.70 bits per heavy atom. The molecule has 0 heterocycles. The van der Waals surface area contributed by atoms with Gasteiger partial charge >= 0.3 is 0 Å². The van der Waals surface area contributed by atoms with E-state index in [1.807, 2.05) is 24.5 Å². The summed E-state index contributed by atoms with van der Waals surface area (Å²) in [5.74, 6) is 0.400. The Kier molecular flexibility index (Phi) is 7.50. The summed E-state index contributed by atoms with van der Waals surface area (Å²) in [7, 11) is 0. The second-order valence-electron chi connectivity index (χ2n) is 4.13. The molecule has 20 heavy (non-hydrogen) atoms. The molecule has 1 atom stereocenters. The fraction of sp³-hybridized carbons (Fsp3) is 0.385. The molecule has 0 radical (unpaired) electrons. The first-order valence-electron chi connectivity index (χ1n) is 6.10. The number of hydrogen-bond acceptors (Lipinski definition) is 5. The monoisotopic (exact) mass is 313 g/mol. The van der Waals surface area contributed by atoms with Gasteiger partial charge in [0.25, 0.3) is 0 Å². The summed E-state index contributed by atoms with van der Waals surface area (Å²) in [6.45, 7) is 0. The summed E-state index contributed by atoms with van der Waals surface area (Å²) in [6, 6.07) is 6.74. The minimum atomic E-state index is -0.531. The SMILES string of the molecule is CSCC[C@H](N)C(=O)Nc1ccccc1SCC(N)=O. The number of rotatable bonds is 8. The van der Waals surface area contributed by atoms with Crippen LogP contribution in [0, 0.1) is 0 Å². The lowest BCUT2D eigenvalue weighted by molar-refractivity contribution is -0.117. The zero-order chi connectivity index (χ0) is 15.0. The molecule has 0 fully saturated rings. The summed E-state index contributed by atoms with van der Waals surface area (Å²) in [5, 5.41) is 2.80. The van der Waals surface area contributed by atoms with Crippen LogP contribution in [-0.2, 0) is 9.59 Å². The molecule has 1 rings (SSSR count). The number of amides is 2. The van der Waals surface area contributed by atoms with Crippen molar-refractivity contribution in [2.75, 3.05) is 23.1 Å². The van der Waals surface area contributed by atoms with Gasteiger partial charge in [0.2, 0.25) is 11.8 Å². The smallest absolute Gasteiger partial charge is 0.241 e. The molecular weight excluding hydrogens is 294 g/mol. The van der Waals surface area contributed by atoms with Crippen LogP contribution in [0.25, 0.3) is 0 Å². The molecule has 0 saturated carbocycles. The lowest BCUT2D eigenvalue weighted by Gasteiger charge is -2.14. The molecule has 0 aliphatic carbocycles. The maximum absolute atomic E-state index is 12.0. The van der Waals surface area contributed by atoms with E-state index in [4.69, 9.17) is 11.5 Å². The first-order chi connectivity index (χ1) is 9.54. The highest BCUT2D eigenvalue weighted by Gasteiger charge is 2.14. The number of para-hydroxylation sites is 1. The molecule has 5 N–H and O–H groups in total. The van der Waals surface area contributed by atoms with Gasteiger partial charge in [0.05, 0.1) is 17.5 Å². The molecule has 2 amide bonds. The van der Waals surface area contributed by atoms with Crippen molar-refractivity contribution in [3.63, 3.8) is 0 Å². The quantitative estimate of drug-likeness (QED) is 0.628. The largest absolute Gasteiger partial charge is 0.369 e. The normalized spacial score (nSPS) is 11.9. The van der Waals surface area contributed by atoms with Crippen molar-refractivity contribution in [3.05, 3.63) is 24.3 Å². The maximum atomic E-state index is 12.0. The summed E-state index contributed by atoms with van der Waals surface area (Å²) in [4.78, 5) is 23.6. The molecule has 0 aliphatic heterocycles. The first-order valence-corrected chi connectivity index (χ1v) is 8.48. The average molecular weight is 313 g/mol. The molecule has 0 spiro atoms. The third-order valence-electron chi connectivity index (χ3n) is 2.48. The van der Waals surface area contributed by atoms with Crippen LogP contribution < -0.4 is 16.8 Å². The zero-order valence-electron chi connectivity index (χ0n) is 11.3. The van der Waals surface area contributed by atoms with Crippen molar-refractivity contribution < 1.29 is 9.59 Å². The number of nitrogens with two attached hydrogens (primary N) is 2. The number of carbonyl (C=O) groups is 2.